The van der Waals surface area contributed by atoms with Crippen LogP contribution in [0, 0.1) is 0 Å². The van der Waals surface area contributed by atoms with Crippen molar-refractivity contribution in [2.45, 2.75) is 6.61 Å². The van der Waals surface area contributed by atoms with Gasteiger partial charge in [0.05, 0.1) is 11.5 Å². The number of carbonyl (C=O) groups is 1. The van der Waals surface area contributed by atoms with E-state index < -0.39 is 0 Å². The predicted octanol–water partition coefficient (Wildman–Crippen LogP) is -0.921. The molecular weight excluding hydrogens is 362 g/mol. The van der Waals surface area contributed by atoms with Crippen LogP contribution in [0.4, 0.5) is 0 Å². The van der Waals surface area contributed by atoms with Crippen molar-refractivity contribution in [2.24, 2.45) is 0 Å². The van der Waals surface area contributed by atoms with Gasteiger partial charge >= 0.3 is 29.6 Å². The standard InChI is InChI=1S/C7H8O3S.C7H6O3S.B.Na.H/c2*8-3-6-7-5(4-11-6)9-1-2-10-7;;;/h4,8H,1-3H2;3-4H,1-2H2;;;/q;;;+1;-1. The second-order valence-corrected chi connectivity index (χ2v) is 6.19. The number of aldehydes is 1. The van der Waals surface area contributed by atoms with E-state index in [0.717, 1.165) is 22.7 Å². The Kier molecular flexibility index (Phi) is 9.18. The van der Waals surface area contributed by atoms with E-state index in [1.54, 1.807) is 5.38 Å². The van der Waals surface area contributed by atoms with Crippen LogP contribution < -0.4 is 48.5 Å². The average molecular weight is 377 g/mol. The fourth-order valence-electron chi connectivity index (χ4n) is 1.99. The van der Waals surface area contributed by atoms with Gasteiger partial charge in [0.15, 0.2) is 29.3 Å². The molecule has 123 valence electrons. The number of aliphatic hydroxyl groups is 1. The molecule has 0 aromatic carbocycles. The second kappa shape index (κ2) is 10.3. The number of hydrogen-bond acceptors (Lipinski definition) is 8. The van der Waals surface area contributed by atoms with Gasteiger partial charge in [0.25, 0.3) is 0 Å². The van der Waals surface area contributed by atoms with E-state index in [1.165, 1.54) is 22.7 Å². The number of fused-ring (bicyclic) bond motifs is 2. The molecule has 0 aliphatic carbocycles. The molecule has 0 fully saturated rings. The summed E-state index contributed by atoms with van der Waals surface area (Å²) in [6.07, 6.45) is 0.790. The van der Waals surface area contributed by atoms with Crippen molar-refractivity contribution >= 4 is 37.4 Å². The maximum Gasteiger partial charge on any atom is 1.00 e. The van der Waals surface area contributed by atoms with Crippen molar-refractivity contribution in [3.63, 3.8) is 0 Å². The molecule has 2 aliphatic heterocycles. The van der Waals surface area contributed by atoms with Crippen molar-refractivity contribution in [1.29, 1.82) is 0 Å². The first-order chi connectivity index (χ1) is 10.8. The van der Waals surface area contributed by atoms with Crippen LogP contribution >= 0.6 is 22.7 Å². The third kappa shape index (κ3) is 4.68. The van der Waals surface area contributed by atoms with Gasteiger partial charge in [0.1, 0.15) is 31.3 Å². The summed E-state index contributed by atoms with van der Waals surface area (Å²) in [5.74, 6) is 2.80. The molecule has 0 saturated heterocycles. The molecule has 2 aliphatic rings. The van der Waals surface area contributed by atoms with E-state index in [0.29, 0.717) is 42.8 Å². The fraction of sp³-hybridized carbons (Fsp3) is 0.357. The van der Waals surface area contributed by atoms with Crippen LogP contribution in [0.2, 0.25) is 0 Å². The van der Waals surface area contributed by atoms with Gasteiger partial charge in [-0.2, -0.15) is 0 Å². The van der Waals surface area contributed by atoms with Crippen LogP contribution in [0.3, 0.4) is 0 Å². The number of hydrogen-bond donors (Lipinski definition) is 1. The zero-order chi connectivity index (χ0) is 15.4. The smallest absolute Gasteiger partial charge is 1.00 e. The van der Waals surface area contributed by atoms with E-state index in [1.807, 2.05) is 5.38 Å². The first-order valence-corrected chi connectivity index (χ1v) is 8.38. The molecule has 1 N–H and O–H groups in total. The molecule has 2 aromatic rings. The number of aliphatic hydroxyl groups excluding tert-OH is 1. The zero-order valence-corrected chi connectivity index (χ0v) is 16.8. The van der Waals surface area contributed by atoms with Crippen LogP contribution in [0.5, 0.6) is 23.0 Å². The van der Waals surface area contributed by atoms with Gasteiger partial charge in [0.2, 0.25) is 0 Å². The Morgan fingerprint density at radius 2 is 1.54 bits per heavy atom. The van der Waals surface area contributed by atoms with Crippen molar-refractivity contribution in [1.82, 2.24) is 0 Å². The zero-order valence-electron chi connectivity index (χ0n) is 14.1. The normalized spacial score (nSPS) is 13.5. The number of carbonyl (C=O) groups excluding carboxylic acids is 1. The first-order valence-electron chi connectivity index (χ1n) is 6.62. The maximum absolute atomic E-state index is 10.4. The molecule has 3 radical (unpaired) electrons. The Hall–Kier alpha value is -0.705. The number of thiophene rings is 2. The molecular formula is C14H15BNaO6S2. The van der Waals surface area contributed by atoms with E-state index in [4.69, 9.17) is 24.1 Å². The number of ether oxygens (including phenoxy) is 4. The topological polar surface area (TPSA) is 74.2 Å². The summed E-state index contributed by atoms with van der Waals surface area (Å²) in [6, 6.07) is 0. The molecule has 0 saturated carbocycles. The largest absolute Gasteiger partial charge is 1.00 e. The van der Waals surface area contributed by atoms with E-state index in [2.05, 4.69) is 0 Å². The molecule has 4 heterocycles. The summed E-state index contributed by atoms with van der Waals surface area (Å²) in [6.45, 7) is 2.32. The van der Waals surface area contributed by atoms with Gasteiger partial charge in [-0.3, -0.25) is 4.79 Å². The molecule has 0 spiro atoms. The Labute approximate surface area is 173 Å². The van der Waals surface area contributed by atoms with Crippen LogP contribution in [0.25, 0.3) is 0 Å². The van der Waals surface area contributed by atoms with Gasteiger partial charge < -0.3 is 25.5 Å². The van der Waals surface area contributed by atoms with Crippen molar-refractivity contribution in [2.75, 3.05) is 26.4 Å². The van der Waals surface area contributed by atoms with Crippen molar-refractivity contribution in [3.8, 4) is 23.0 Å². The number of rotatable bonds is 2. The fourth-order valence-corrected chi connectivity index (χ4v) is 3.49. The minimum atomic E-state index is 0. The van der Waals surface area contributed by atoms with E-state index in [9.17, 15) is 4.79 Å². The van der Waals surface area contributed by atoms with Gasteiger partial charge in [-0.1, -0.05) is 0 Å². The van der Waals surface area contributed by atoms with E-state index in [-0.39, 0.29) is 46.0 Å². The Bertz CT molecular complexity index is 652. The summed E-state index contributed by atoms with van der Waals surface area (Å²) in [7, 11) is 0. The predicted molar refractivity (Wildman–Crippen MR) is 88.8 cm³/mol. The van der Waals surface area contributed by atoms with E-state index >= 15 is 0 Å². The molecule has 2 aromatic heterocycles. The minimum Gasteiger partial charge on any atom is -1.00 e. The van der Waals surface area contributed by atoms with Crippen LogP contribution in [0.15, 0.2) is 10.8 Å². The van der Waals surface area contributed by atoms with Crippen LogP contribution in [-0.4, -0.2) is 46.2 Å². The molecule has 10 heteroatoms. The third-order valence-corrected chi connectivity index (χ3v) is 4.75. The summed E-state index contributed by atoms with van der Waals surface area (Å²) in [5, 5.41) is 12.5. The summed E-state index contributed by atoms with van der Waals surface area (Å²) in [5.41, 5.74) is 0. The van der Waals surface area contributed by atoms with Gasteiger partial charge in [-0.25, -0.2) is 0 Å². The summed E-state index contributed by atoms with van der Waals surface area (Å²) >= 11 is 2.81. The van der Waals surface area contributed by atoms with Gasteiger partial charge in [0, 0.05) is 19.2 Å². The van der Waals surface area contributed by atoms with Gasteiger partial charge in [-0.15, -0.1) is 22.7 Å². The maximum atomic E-state index is 10.4. The SMILES string of the molecule is O=Cc1scc2c1OCCO2.OCc1scc2c1OCCO2.[B].[H-].[Na+]. The molecule has 24 heavy (non-hydrogen) atoms. The van der Waals surface area contributed by atoms with Crippen molar-refractivity contribution in [3.05, 3.63) is 20.5 Å². The molecule has 0 unspecified atom stereocenters. The first kappa shape index (κ1) is 21.3. The van der Waals surface area contributed by atoms with Crippen LogP contribution in [-0.2, 0) is 6.61 Å². The molecule has 0 atom stereocenters. The van der Waals surface area contributed by atoms with Crippen LogP contribution in [0.1, 0.15) is 16.0 Å². The summed E-state index contributed by atoms with van der Waals surface area (Å²) < 4.78 is 21.1. The Balaban J connectivity index is 0.000000411. The molecule has 0 bridgehead atoms. The van der Waals surface area contributed by atoms with Gasteiger partial charge in [-0.05, 0) is 0 Å². The molecule has 4 rings (SSSR count). The minimum absolute atomic E-state index is 0. The quantitative estimate of drug-likeness (QED) is 0.539. The average Bonchev–Trinajstić information content (AvgIpc) is 3.19. The monoisotopic (exact) mass is 377 g/mol. The third-order valence-electron chi connectivity index (χ3n) is 2.95. The Morgan fingerprint density at radius 3 is 2.17 bits per heavy atom. The molecule has 6 nitrogen and oxygen atoms in total. The van der Waals surface area contributed by atoms with Crippen molar-refractivity contribution < 1.29 is 59.8 Å². The molecule has 0 amide bonds. The second-order valence-electron chi connectivity index (χ2n) is 4.32. The summed E-state index contributed by atoms with van der Waals surface area (Å²) in [4.78, 5) is 11.9. The Morgan fingerprint density at radius 1 is 1.00 bits per heavy atom.